The maximum atomic E-state index is 13.2. The van der Waals surface area contributed by atoms with E-state index in [1.54, 1.807) is 0 Å². The first kappa shape index (κ1) is 17.7. The van der Waals surface area contributed by atoms with Gasteiger partial charge in [-0.25, -0.2) is 0 Å². The number of primary amides is 1. The molecule has 28 heavy (non-hydrogen) atoms. The van der Waals surface area contributed by atoms with Crippen LogP contribution in [0.4, 0.5) is 0 Å². The summed E-state index contributed by atoms with van der Waals surface area (Å²) in [4.78, 5) is 25.3. The molecule has 4 bridgehead atoms. The minimum absolute atomic E-state index is 0.105. The fourth-order valence-corrected chi connectivity index (χ4v) is 6.77. The monoisotopic (exact) mass is 376 g/mol. The lowest BCUT2D eigenvalue weighted by Crippen LogP contribution is -2.56. The van der Waals surface area contributed by atoms with Gasteiger partial charge in [0.1, 0.15) is 0 Å². The van der Waals surface area contributed by atoms with Crippen LogP contribution in [-0.2, 0) is 11.8 Å². The first-order chi connectivity index (χ1) is 13.5. The Bertz CT molecular complexity index is 913. The van der Waals surface area contributed by atoms with Gasteiger partial charge in [0, 0.05) is 24.6 Å². The Morgan fingerprint density at radius 3 is 2.36 bits per heavy atom. The lowest BCUT2D eigenvalue weighted by atomic mass is 9.45. The summed E-state index contributed by atoms with van der Waals surface area (Å²) in [6.07, 6.45) is 5.72. The molecular formula is C24H28N2O2. The zero-order chi connectivity index (χ0) is 19.5. The van der Waals surface area contributed by atoms with Crippen LogP contribution >= 0.6 is 0 Å². The highest BCUT2D eigenvalue weighted by molar-refractivity contribution is 5.96. The minimum atomic E-state index is -0.276. The first-order valence-corrected chi connectivity index (χ1v) is 10.5. The van der Waals surface area contributed by atoms with Crippen LogP contribution < -0.4 is 5.73 Å². The Kier molecular flexibility index (Phi) is 4.01. The molecule has 4 heteroatoms. The molecule has 2 unspecified atom stereocenters. The van der Waals surface area contributed by atoms with Crippen LogP contribution in [0.2, 0.25) is 0 Å². The van der Waals surface area contributed by atoms with E-state index in [-0.39, 0.29) is 17.1 Å². The summed E-state index contributed by atoms with van der Waals surface area (Å²) in [6.45, 7) is 0. The molecule has 4 fully saturated rings. The van der Waals surface area contributed by atoms with Crippen LogP contribution in [-0.4, -0.2) is 16.3 Å². The number of Topliss-reactive ketones (excluding diaryl/α,β-unsaturated/α-hetero) is 1. The molecular weight excluding hydrogens is 348 g/mol. The summed E-state index contributed by atoms with van der Waals surface area (Å²) in [5, 5.41) is 0. The van der Waals surface area contributed by atoms with Crippen molar-refractivity contribution in [3.05, 3.63) is 48.2 Å². The third-order valence-electron chi connectivity index (χ3n) is 7.89. The highest BCUT2D eigenvalue weighted by Crippen LogP contribution is 2.62. The van der Waals surface area contributed by atoms with Gasteiger partial charge in [-0.3, -0.25) is 9.59 Å². The fourth-order valence-electron chi connectivity index (χ4n) is 6.77. The van der Waals surface area contributed by atoms with E-state index in [0.717, 1.165) is 36.2 Å². The number of aromatic nitrogens is 1. The summed E-state index contributed by atoms with van der Waals surface area (Å²) in [7, 11) is 1.98. The average molecular weight is 377 g/mol. The van der Waals surface area contributed by atoms with E-state index < -0.39 is 0 Å². The van der Waals surface area contributed by atoms with Crippen LogP contribution in [0.5, 0.6) is 0 Å². The molecule has 146 valence electrons. The second-order valence-electron chi connectivity index (χ2n) is 9.43. The largest absolute Gasteiger partial charge is 0.369 e. The van der Waals surface area contributed by atoms with Gasteiger partial charge in [0.25, 0.3) is 0 Å². The molecule has 1 heterocycles. The zero-order valence-corrected chi connectivity index (χ0v) is 16.4. The van der Waals surface area contributed by atoms with Crippen molar-refractivity contribution in [2.45, 2.75) is 38.5 Å². The van der Waals surface area contributed by atoms with Crippen molar-refractivity contribution in [3.8, 4) is 11.3 Å². The van der Waals surface area contributed by atoms with Gasteiger partial charge in [0.05, 0.1) is 5.69 Å². The summed E-state index contributed by atoms with van der Waals surface area (Å²) < 4.78 is 2.03. The van der Waals surface area contributed by atoms with Gasteiger partial charge >= 0.3 is 0 Å². The van der Waals surface area contributed by atoms with E-state index in [2.05, 4.69) is 12.1 Å². The Morgan fingerprint density at radius 1 is 1.04 bits per heavy atom. The maximum Gasteiger partial charge on any atom is 0.223 e. The van der Waals surface area contributed by atoms with Crippen LogP contribution in [0.3, 0.4) is 0 Å². The molecule has 4 aliphatic rings. The number of carbonyl (C=O) groups excluding carboxylic acids is 2. The van der Waals surface area contributed by atoms with Gasteiger partial charge in [-0.1, -0.05) is 30.3 Å². The summed E-state index contributed by atoms with van der Waals surface area (Å²) >= 11 is 0. The smallest absolute Gasteiger partial charge is 0.223 e. The highest BCUT2D eigenvalue weighted by Gasteiger charge is 2.57. The van der Waals surface area contributed by atoms with Crippen LogP contribution in [0.1, 0.15) is 49.0 Å². The fraction of sp³-hybridized carbons (Fsp3) is 0.500. The van der Waals surface area contributed by atoms with Crippen LogP contribution in [0.25, 0.3) is 11.3 Å². The molecule has 4 aliphatic carbocycles. The van der Waals surface area contributed by atoms with Crippen molar-refractivity contribution >= 4 is 11.7 Å². The normalized spacial score (nSPS) is 33.2. The number of ketones is 1. The summed E-state index contributed by atoms with van der Waals surface area (Å²) in [6, 6.07) is 14.2. The molecule has 4 saturated carbocycles. The second kappa shape index (κ2) is 6.33. The molecule has 2 N–H and O–H groups in total. The summed E-state index contributed by atoms with van der Waals surface area (Å²) in [5.74, 6) is 2.14. The molecule has 0 spiro atoms. The van der Waals surface area contributed by atoms with E-state index >= 15 is 0 Å². The number of rotatable bonds is 5. The van der Waals surface area contributed by atoms with Gasteiger partial charge in [-0.15, -0.1) is 0 Å². The van der Waals surface area contributed by atoms with Crippen molar-refractivity contribution in [2.75, 3.05) is 0 Å². The Morgan fingerprint density at radius 2 is 1.71 bits per heavy atom. The number of amides is 1. The van der Waals surface area contributed by atoms with Gasteiger partial charge < -0.3 is 10.3 Å². The van der Waals surface area contributed by atoms with Crippen LogP contribution in [0, 0.1) is 29.1 Å². The van der Waals surface area contributed by atoms with Crippen LogP contribution in [0.15, 0.2) is 42.5 Å². The van der Waals surface area contributed by atoms with Gasteiger partial charge in [-0.05, 0) is 73.5 Å². The molecule has 0 radical (unpaired) electrons. The van der Waals surface area contributed by atoms with E-state index in [1.807, 2.05) is 41.9 Å². The third kappa shape index (κ3) is 2.65. The Balaban J connectivity index is 1.36. The zero-order valence-electron chi connectivity index (χ0n) is 16.4. The van der Waals surface area contributed by atoms with Crippen molar-refractivity contribution < 1.29 is 9.59 Å². The van der Waals surface area contributed by atoms with E-state index in [4.69, 9.17) is 5.73 Å². The SMILES string of the molecule is Cn1c(C(=O)CC2C3CC4CC2CC(C(N)=O)(C4)C3)ccc1-c1ccccc1. The van der Waals surface area contributed by atoms with Crippen molar-refractivity contribution in [1.82, 2.24) is 4.57 Å². The molecule has 1 aromatic carbocycles. The molecule has 2 aromatic rings. The predicted octanol–water partition coefficient (Wildman–Crippen LogP) is 4.19. The predicted molar refractivity (Wildman–Crippen MR) is 108 cm³/mol. The number of benzene rings is 1. The molecule has 1 aromatic heterocycles. The number of nitrogens with zero attached hydrogens (tertiary/aromatic N) is 1. The average Bonchev–Trinajstić information content (AvgIpc) is 3.06. The lowest BCUT2D eigenvalue weighted by Gasteiger charge is -2.59. The molecule has 2 atom stereocenters. The second-order valence-corrected chi connectivity index (χ2v) is 9.43. The van der Waals surface area contributed by atoms with Crippen molar-refractivity contribution in [3.63, 3.8) is 0 Å². The quantitative estimate of drug-likeness (QED) is 0.795. The van der Waals surface area contributed by atoms with E-state index in [1.165, 1.54) is 12.8 Å². The third-order valence-corrected chi connectivity index (χ3v) is 7.89. The molecule has 1 amide bonds. The standard InChI is InChI=1S/C24H28N2O2/c1-26-20(16-5-3-2-4-6-16)7-8-21(26)22(27)11-19-17-9-15-10-18(19)14-24(12-15,13-17)23(25)28/h2-8,15,17-19H,9-14H2,1H3,(H2,25,28). The van der Waals surface area contributed by atoms with Gasteiger partial charge in [0.15, 0.2) is 5.78 Å². The number of carbonyl (C=O) groups is 2. The minimum Gasteiger partial charge on any atom is -0.369 e. The van der Waals surface area contributed by atoms with E-state index in [9.17, 15) is 9.59 Å². The van der Waals surface area contributed by atoms with Gasteiger partial charge in [-0.2, -0.15) is 0 Å². The molecule has 6 rings (SSSR count). The van der Waals surface area contributed by atoms with Crippen molar-refractivity contribution in [2.24, 2.45) is 41.9 Å². The van der Waals surface area contributed by atoms with Crippen molar-refractivity contribution in [1.29, 1.82) is 0 Å². The Hall–Kier alpha value is -2.36. The van der Waals surface area contributed by atoms with E-state index in [0.29, 0.717) is 30.1 Å². The van der Waals surface area contributed by atoms with Gasteiger partial charge in [0.2, 0.25) is 5.91 Å². The first-order valence-electron chi connectivity index (χ1n) is 10.5. The molecule has 0 saturated heterocycles. The topological polar surface area (TPSA) is 65.1 Å². The number of hydrogen-bond acceptors (Lipinski definition) is 2. The highest BCUT2D eigenvalue weighted by atomic mass is 16.1. The lowest BCUT2D eigenvalue weighted by molar-refractivity contribution is -0.149. The molecule has 0 aliphatic heterocycles. The molecule has 4 nitrogen and oxygen atoms in total. The maximum absolute atomic E-state index is 13.2. The summed E-state index contributed by atoms with van der Waals surface area (Å²) in [5.41, 5.74) is 8.51. The number of hydrogen-bond donors (Lipinski definition) is 1. The number of nitrogens with two attached hydrogens (primary N) is 1. The Labute approximate surface area is 166 Å².